The van der Waals surface area contributed by atoms with E-state index >= 15 is 0 Å². The predicted octanol–water partition coefficient (Wildman–Crippen LogP) is 3.28. The second-order valence-electron chi connectivity index (χ2n) is 7.53. The number of aliphatic carboxylic acids is 1. The molecule has 3 rings (SSSR count). The number of benzene rings is 1. The molecule has 2 fully saturated rings. The van der Waals surface area contributed by atoms with E-state index in [9.17, 15) is 14.7 Å². The molecule has 1 amide bonds. The number of hydrogen-bond donors (Lipinski definition) is 1. The minimum atomic E-state index is -0.875. The van der Waals surface area contributed by atoms with Crippen LogP contribution in [0.5, 0.6) is 0 Å². The highest BCUT2D eigenvalue weighted by molar-refractivity contribution is 5.82. The molecule has 0 aromatic heterocycles. The van der Waals surface area contributed by atoms with E-state index in [4.69, 9.17) is 0 Å². The molecular formula is C20H27NO3. The van der Waals surface area contributed by atoms with E-state index in [2.05, 4.69) is 0 Å². The standard InChI is InChI=1S/C20H27NO3/c1-14-6-8-15(9-7-14)10-18(20(23)24)11-19(22)21-12-16-4-2-3-5-17(16)13-21/h6-9,16-18H,2-5,10-13H2,1H3,(H,23,24). The molecule has 1 aromatic carbocycles. The van der Waals surface area contributed by atoms with Crippen LogP contribution in [0.1, 0.15) is 43.2 Å². The summed E-state index contributed by atoms with van der Waals surface area (Å²) in [6, 6.07) is 7.89. The van der Waals surface area contributed by atoms with E-state index < -0.39 is 11.9 Å². The summed E-state index contributed by atoms with van der Waals surface area (Å²) in [5.74, 6) is -0.210. The van der Waals surface area contributed by atoms with Gasteiger partial charge in [0.1, 0.15) is 0 Å². The van der Waals surface area contributed by atoms with Gasteiger partial charge < -0.3 is 10.0 Å². The van der Waals surface area contributed by atoms with E-state index in [0.717, 1.165) is 24.2 Å². The highest BCUT2D eigenvalue weighted by Gasteiger charge is 2.37. The number of aryl methyl sites for hydroxylation is 1. The van der Waals surface area contributed by atoms with Crippen molar-refractivity contribution in [3.63, 3.8) is 0 Å². The van der Waals surface area contributed by atoms with Gasteiger partial charge in [-0.15, -0.1) is 0 Å². The number of carboxylic acid groups (broad SMARTS) is 1. The molecule has 2 aliphatic rings. The van der Waals surface area contributed by atoms with Crippen molar-refractivity contribution in [3.05, 3.63) is 35.4 Å². The number of carbonyl (C=O) groups excluding carboxylic acids is 1. The van der Waals surface area contributed by atoms with Crippen molar-refractivity contribution in [1.29, 1.82) is 0 Å². The first-order valence-corrected chi connectivity index (χ1v) is 9.09. The molecule has 4 nitrogen and oxygen atoms in total. The maximum Gasteiger partial charge on any atom is 0.307 e. The third-order valence-corrected chi connectivity index (χ3v) is 5.70. The molecule has 1 aliphatic carbocycles. The van der Waals surface area contributed by atoms with Gasteiger partial charge >= 0.3 is 5.97 Å². The van der Waals surface area contributed by atoms with Crippen molar-refractivity contribution < 1.29 is 14.7 Å². The van der Waals surface area contributed by atoms with Crippen molar-refractivity contribution >= 4 is 11.9 Å². The van der Waals surface area contributed by atoms with Crippen molar-refractivity contribution in [2.75, 3.05) is 13.1 Å². The first-order valence-electron chi connectivity index (χ1n) is 9.09. The Hall–Kier alpha value is -1.84. The third kappa shape index (κ3) is 3.97. The maximum atomic E-state index is 12.6. The number of amides is 1. The Morgan fingerprint density at radius 2 is 1.71 bits per heavy atom. The average Bonchev–Trinajstić information content (AvgIpc) is 3.00. The summed E-state index contributed by atoms with van der Waals surface area (Å²) in [6.45, 7) is 3.68. The van der Waals surface area contributed by atoms with Crippen LogP contribution in [0.2, 0.25) is 0 Å². The van der Waals surface area contributed by atoms with Crippen molar-refractivity contribution in [3.8, 4) is 0 Å². The lowest BCUT2D eigenvalue weighted by Gasteiger charge is -2.22. The second-order valence-corrected chi connectivity index (χ2v) is 7.53. The number of hydrogen-bond acceptors (Lipinski definition) is 2. The fourth-order valence-corrected chi connectivity index (χ4v) is 4.20. The number of nitrogens with zero attached hydrogens (tertiary/aromatic N) is 1. The predicted molar refractivity (Wildman–Crippen MR) is 92.7 cm³/mol. The summed E-state index contributed by atoms with van der Waals surface area (Å²) >= 11 is 0. The molecule has 130 valence electrons. The average molecular weight is 329 g/mol. The molecule has 1 aliphatic heterocycles. The van der Waals surface area contributed by atoms with Crippen molar-refractivity contribution in [2.24, 2.45) is 17.8 Å². The smallest absolute Gasteiger partial charge is 0.307 e. The summed E-state index contributed by atoms with van der Waals surface area (Å²) in [5.41, 5.74) is 2.14. The molecule has 0 bridgehead atoms. The first-order chi connectivity index (χ1) is 11.5. The van der Waals surface area contributed by atoms with Gasteiger partial charge in [0.15, 0.2) is 0 Å². The van der Waals surface area contributed by atoms with E-state index in [1.165, 1.54) is 25.7 Å². The zero-order valence-corrected chi connectivity index (χ0v) is 14.4. The van der Waals surface area contributed by atoms with Gasteiger partial charge in [-0.25, -0.2) is 0 Å². The molecule has 3 unspecified atom stereocenters. The van der Waals surface area contributed by atoms with Crippen LogP contribution in [0.25, 0.3) is 0 Å². The van der Waals surface area contributed by atoms with E-state index in [1.807, 2.05) is 36.1 Å². The van der Waals surface area contributed by atoms with Crippen LogP contribution in [-0.4, -0.2) is 35.0 Å². The Morgan fingerprint density at radius 1 is 1.12 bits per heavy atom. The zero-order valence-electron chi connectivity index (χ0n) is 14.4. The quantitative estimate of drug-likeness (QED) is 0.902. The summed E-state index contributed by atoms with van der Waals surface area (Å²) < 4.78 is 0. The van der Waals surface area contributed by atoms with Gasteiger partial charge in [0, 0.05) is 19.5 Å². The topological polar surface area (TPSA) is 57.6 Å². The SMILES string of the molecule is Cc1ccc(CC(CC(=O)N2CC3CCCCC3C2)C(=O)O)cc1. The number of fused-ring (bicyclic) bond motifs is 1. The van der Waals surface area contributed by atoms with Crippen LogP contribution < -0.4 is 0 Å². The lowest BCUT2D eigenvalue weighted by atomic mass is 9.82. The van der Waals surface area contributed by atoms with Crippen LogP contribution in [0.15, 0.2) is 24.3 Å². The van der Waals surface area contributed by atoms with Gasteiger partial charge in [-0.3, -0.25) is 9.59 Å². The Morgan fingerprint density at radius 3 is 2.25 bits per heavy atom. The Labute approximate surface area is 143 Å². The normalized spacial score (nSPS) is 24.5. The van der Waals surface area contributed by atoms with Crippen molar-refractivity contribution in [2.45, 2.75) is 45.4 Å². The number of carbonyl (C=O) groups is 2. The van der Waals surface area contributed by atoms with E-state index in [-0.39, 0.29) is 12.3 Å². The number of carboxylic acids is 1. The molecule has 4 heteroatoms. The zero-order chi connectivity index (χ0) is 17.1. The number of rotatable bonds is 5. The molecule has 1 aromatic rings. The summed E-state index contributed by atoms with van der Waals surface area (Å²) in [5, 5.41) is 9.52. The Kier molecular flexibility index (Phi) is 5.22. The molecule has 1 saturated heterocycles. The fraction of sp³-hybridized carbons (Fsp3) is 0.600. The minimum absolute atomic E-state index is 0.0175. The summed E-state index contributed by atoms with van der Waals surface area (Å²) in [7, 11) is 0. The molecule has 24 heavy (non-hydrogen) atoms. The monoisotopic (exact) mass is 329 g/mol. The van der Waals surface area contributed by atoms with Gasteiger partial charge in [-0.2, -0.15) is 0 Å². The van der Waals surface area contributed by atoms with Gasteiger partial charge in [0.2, 0.25) is 5.91 Å². The Bertz CT molecular complexity index is 581. The van der Waals surface area contributed by atoms with Crippen LogP contribution in [0.4, 0.5) is 0 Å². The van der Waals surface area contributed by atoms with Gasteiger partial charge in [0.05, 0.1) is 5.92 Å². The molecule has 1 heterocycles. The van der Waals surface area contributed by atoms with Crippen LogP contribution >= 0.6 is 0 Å². The van der Waals surface area contributed by atoms with Gasteiger partial charge in [0.25, 0.3) is 0 Å². The molecule has 3 atom stereocenters. The van der Waals surface area contributed by atoms with Crippen LogP contribution in [0.3, 0.4) is 0 Å². The summed E-state index contributed by atoms with van der Waals surface area (Å²) in [4.78, 5) is 26.1. The molecule has 0 radical (unpaired) electrons. The molecular weight excluding hydrogens is 302 g/mol. The van der Waals surface area contributed by atoms with Gasteiger partial charge in [-0.1, -0.05) is 42.7 Å². The maximum absolute atomic E-state index is 12.6. The lowest BCUT2D eigenvalue weighted by molar-refractivity contribution is -0.145. The summed E-state index contributed by atoms with van der Waals surface area (Å²) in [6.07, 6.45) is 5.52. The van der Waals surface area contributed by atoms with Crippen LogP contribution in [-0.2, 0) is 16.0 Å². The first kappa shape index (κ1) is 17.0. The fourth-order valence-electron chi connectivity index (χ4n) is 4.20. The van der Waals surface area contributed by atoms with Crippen molar-refractivity contribution in [1.82, 2.24) is 4.90 Å². The highest BCUT2D eigenvalue weighted by Crippen LogP contribution is 2.36. The van der Waals surface area contributed by atoms with Crippen LogP contribution in [0, 0.1) is 24.7 Å². The van der Waals surface area contributed by atoms with E-state index in [0.29, 0.717) is 18.3 Å². The van der Waals surface area contributed by atoms with E-state index in [1.54, 1.807) is 0 Å². The third-order valence-electron chi connectivity index (χ3n) is 5.70. The number of likely N-dealkylation sites (tertiary alicyclic amines) is 1. The lowest BCUT2D eigenvalue weighted by Crippen LogP contribution is -2.33. The van der Waals surface area contributed by atoms with Gasteiger partial charge in [-0.05, 0) is 43.6 Å². The molecule has 1 N–H and O–H groups in total. The Balaban J connectivity index is 1.59. The minimum Gasteiger partial charge on any atom is -0.481 e. The molecule has 0 spiro atoms. The molecule has 1 saturated carbocycles. The second kappa shape index (κ2) is 7.37. The largest absolute Gasteiger partial charge is 0.481 e. The highest BCUT2D eigenvalue weighted by atomic mass is 16.4.